The van der Waals surface area contributed by atoms with Gasteiger partial charge < -0.3 is 9.64 Å². The van der Waals surface area contributed by atoms with Gasteiger partial charge in [0.2, 0.25) is 0 Å². The van der Waals surface area contributed by atoms with E-state index in [1.807, 2.05) is 24.3 Å². The number of benzene rings is 4. The molecular formula is C33H33ClF2N2O4S. The molecule has 0 radical (unpaired) electrons. The van der Waals surface area contributed by atoms with Crippen molar-refractivity contribution in [3.05, 3.63) is 124 Å². The highest BCUT2D eigenvalue weighted by Crippen LogP contribution is 2.38. The van der Waals surface area contributed by atoms with Gasteiger partial charge in [-0.05, 0) is 79.9 Å². The monoisotopic (exact) mass is 626 g/mol. The fourth-order valence-electron chi connectivity index (χ4n) is 4.69. The lowest BCUT2D eigenvalue weighted by Crippen LogP contribution is -2.34. The van der Waals surface area contributed by atoms with Crippen LogP contribution in [-0.4, -0.2) is 39.4 Å². The van der Waals surface area contributed by atoms with Crippen LogP contribution in [0, 0.1) is 11.6 Å². The van der Waals surface area contributed by atoms with Crippen LogP contribution in [0.4, 0.5) is 14.5 Å². The van der Waals surface area contributed by atoms with Crippen LogP contribution in [0.1, 0.15) is 47.8 Å². The Balaban J connectivity index is 1.55. The molecule has 0 bridgehead atoms. The maximum atomic E-state index is 15.1. The van der Waals surface area contributed by atoms with Gasteiger partial charge in [0.25, 0.3) is 15.9 Å². The van der Waals surface area contributed by atoms with Crippen molar-refractivity contribution in [1.29, 1.82) is 0 Å². The van der Waals surface area contributed by atoms with Gasteiger partial charge in [-0.15, -0.1) is 0 Å². The van der Waals surface area contributed by atoms with E-state index in [-0.39, 0.29) is 17.4 Å². The molecule has 226 valence electrons. The number of nitrogens with zero attached hydrogens (tertiary/aromatic N) is 2. The van der Waals surface area contributed by atoms with Gasteiger partial charge in [-0.25, -0.2) is 17.2 Å². The Hall–Kier alpha value is -3.95. The molecule has 10 heteroatoms. The van der Waals surface area contributed by atoms with Crippen LogP contribution in [0.15, 0.2) is 95.9 Å². The van der Waals surface area contributed by atoms with Crippen LogP contribution < -0.4 is 9.04 Å². The van der Waals surface area contributed by atoms with Crippen molar-refractivity contribution >= 4 is 33.2 Å². The van der Waals surface area contributed by atoms with Gasteiger partial charge in [-0.1, -0.05) is 48.9 Å². The second-order valence-electron chi connectivity index (χ2n) is 10.0. The number of carbonyl (C=O) groups excluding carboxylic acids is 1. The van der Waals surface area contributed by atoms with E-state index in [4.69, 9.17) is 16.3 Å². The summed E-state index contributed by atoms with van der Waals surface area (Å²) >= 11 is 5.97. The minimum atomic E-state index is -4.38. The van der Waals surface area contributed by atoms with Gasteiger partial charge in [-0.2, -0.15) is 0 Å². The van der Waals surface area contributed by atoms with E-state index < -0.39 is 33.4 Å². The first-order chi connectivity index (χ1) is 20.5. The minimum Gasteiger partial charge on any atom is -0.493 e. The molecule has 0 saturated carbocycles. The van der Waals surface area contributed by atoms with E-state index in [9.17, 15) is 17.6 Å². The van der Waals surface area contributed by atoms with Crippen molar-refractivity contribution in [2.24, 2.45) is 0 Å². The topological polar surface area (TPSA) is 66.9 Å². The third kappa shape index (κ3) is 7.53. The normalized spacial score (nSPS) is 12.0. The number of anilines is 1. The van der Waals surface area contributed by atoms with Crippen LogP contribution in [0.25, 0.3) is 0 Å². The van der Waals surface area contributed by atoms with Gasteiger partial charge in [0.05, 0.1) is 23.2 Å². The molecule has 1 amide bonds. The number of hydrogen-bond donors (Lipinski definition) is 0. The van der Waals surface area contributed by atoms with E-state index in [2.05, 4.69) is 6.92 Å². The largest absolute Gasteiger partial charge is 0.493 e. The molecule has 4 aromatic rings. The summed E-state index contributed by atoms with van der Waals surface area (Å²) in [6.07, 6.45) is 1.40. The number of para-hydroxylation sites is 1. The SMILES string of the molecule is CCc1ccc(C(=O)N(C)CCCOc2ccccc2C(C)N(c2cc(F)ccc2F)S(=O)(=O)c2ccc(Cl)cc2)cc1. The zero-order valence-electron chi connectivity index (χ0n) is 24.1. The average Bonchev–Trinajstić information content (AvgIpc) is 3.01. The summed E-state index contributed by atoms with van der Waals surface area (Å²) in [5.74, 6) is -1.41. The molecular weight excluding hydrogens is 594 g/mol. The second-order valence-corrected chi connectivity index (χ2v) is 12.3. The van der Waals surface area contributed by atoms with Gasteiger partial charge in [-0.3, -0.25) is 9.10 Å². The molecule has 0 aliphatic rings. The van der Waals surface area contributed by atoms with Crippen LogP contribution >= 0.6 is 11.6 Å². The smallest absolute Gasteiger partial charge is 0.264 e. The summed E-state index contributed by atoms with van der Waals surface area (Å²) < 4.78 is 64.1. The summed E-state index contributed by atoms with van der Waals surface area (Å²) in [4.78, 5) is 14.3. The minimum absolute atomic E-state index is 0.100. The highest BCUT2D eigenvalue weighted by Gasteiger charge is 2.34. The number of amides is 1. The summed E-state index contributed by atoms with van der Waals surface area (Å²) in [6.45, 7) is 4.29. The van der Waals surface area contributed by atoms with Crippen molar-refractivity contribution in [2.75, 3.05) is 24.5 Å². The fraction of sp³-hybridized carbons (Fsp3) is 0.242. The first kappa shape index (κ1) is 32.0. The summed E-state index contributed by atoms with van der Waals surface area (Å²) in [5.41, 5.74) is 1.76. The lowest BCUT2D eigenvalue weighted by molar-refractivity contribution is 0.0787. The molecule has 0 saturated heterocycles. The summed E-state index contributed by atoms with van der Waals surface area (Å²) in [5, 5.41) is 0.330. The predicted octanol–water partition coefficient (Wildman–Crippen LogP) is 7.68. The Morgan fingerprint density at radius 2 is 1.63 bits per heavy atom. The molecule has 0 heterocycles. The van der Waals surface area contributed by atoms with Gasteiger partial charge >= 0.3 is 0 Å². The van der Waals surface area contributed by atoms with Crippen molar-refractivity contribution < 1.29 is 26.7 Å². The quantitative estimate of drug-likeness (QED) is 0.151. The molecule has 6 nitrogen and oxygen atoms in total. The summed E-state index contributed by atoms with van der Waals surface area (Å²) in [7, 11) is -2.66. The maximum absolute atomic E-state index is 15.1. The lowest BCUT2D eigenvalue weighted by Gasteiger charge is -2.32. The summed E-state index contributed by atoms with van der Waals surface area (Å²) in [6, 6.07) is 21.5. The molecule has 0 N–H and O–H groups in total. The third-order valence-corrected chi connectivity index (χ3v) is 9.24. The lowest BCUT2D eigenvalue weighted by atomic mass is 10.1. The highest BCUT2D eigenvalue weighted by atomic mass is 35.5. The molecule has 4 aromatic carbocycles. The maximum Gasteiger partial charge on any atom is 0.264 e. The Morgan fingerprint density at radius 1 is 0.953 bits per heavy atom. The number of hydrogen-bond acceptors (Lipinski definition) is 4. The molecule has 0 aromatic heterocycles. The Kier molecular flexibility index (Phi) is 10.4. The number of halogens is 3. The third-order valence-electron chi connectivity index (χ3n) is 7.09. The number of sulfonamides is 1. The Bertz CT molecular complexity index is 1670. The predicted molar refractivity (Wildman–Crippen MR) is 165 cm³/mol. The second kappa shape index (κ2) is 14.0. The standard InChI is InChI=1S/C33H33ClF2N2O4S/c1-4-24-10-12-25(13-11-24)33(39)37(3)20-7-21-42-32-9-6-5-8-29(32)23(2)38(31-22-27(35)16-19-30(31)36)43(40,41)28-17-14-26(34)15-18-28/h5-6,8-19,22-23H,4,7,20-21H2,1-3H3. The van der Waals surface area contributed by atoms with Crippen molar-refractivity contribution in [3.8, 4) is 5.75 Å². The molecule has 1 atom stereocenters. The number of aryl methyl sites for hydroxylation is 1. The van der Waals surface area contributed by atoms with Crippen molar-refractivity contribution in [3.63, 3.8) is 0 Å². The number of rotatable bonds is 12. The zero-order chi connectivity index (χ0) is 31.1. The molecule has 0 fully saturated rings. The zero-order valence-corrected chi connectivity index (χ0v) is 25.7. The van der Waals surface area contributed by atoms with E-state index in [0.717, 1.165) is 34.5 Å². The van der Waals surface area contributed by atoms with Crippen molar-refractivity contribution in [2.45, 2.75) is 37.6 Å². The molecule has 4 rings (SSSR count). The van der Waals surface area contributed by atoms with Crippen LogP contribution in [0.3, 0.4) is 0 Å². The first-order valence-corrected chi connectivity index (χ1v) is 15.7. The molecule has 0 aliphatic carbocycles. The van der Waals surface area contributed by atoms with E-state index >= 15 is 4.39 Å². The average molecular weight is 627 g/mol. The van der Waals surface area contributed by atoms with Crippen molar-refractivity contribution in [1.82, 2.24) is 4.90 Å². The number of carbonyl (C=O) groups is 1. The molecule has 1 unspecified atom stereocenters. The van der Waals surface area contributed by atoms with E-state index in [1.54, 1.807) is 43.1 Å². The molecule has 0 aliphatic heterocycles. The fourth-order valence-corrected chi connectivity index (χ4v) is 6.46. The van der Waals surface area contributed by atoms with Crippen LogP contribution in [-0.2, 0) is 16.4 Å². The number of ether oxygens (including phenoxy) is 1. The van der Waals surface area contributed by atoms with Gasteiger partial charge in [0, 0.05) is 35.8 Å². The first-order valence-electron chi connectivity index (χ1n) is 13.8. The molecule has 43 heavy (non-hydrogen) atoms. The highest BCUT2D eigenvalue weighted by molar-refractivity contribution is 7.92. The van der Waals surface area contributed by atoms with Gasteiger partial charge in [0.15, 0.2) is 0 Å². The Morgan fingerprint density at radius 3 is 2.30 bits per heavy atom. The van der Waals surface area contributed by atoms with Gasteiger partial charge in [0.1, 0.15) is 17.4 Å². The molecule has 0 spiro atoms. The Labute approximate surface area is 256 Å². The van der Waals surface area contributed by atoms with Crippen LogP contribution in [0.5, 0.6) is 5.75 Å². The van der Waals surface area contributed by atoms with Crippen LogP contribution in [0.2, 0.25) is 5.02 Å². The van der Waals surface area contributed by atoms with E-state index in [1.165, 1.54) is 24.3 Å². The van der Waals surface area contributed by atoms with E-state index in [0.29, 0.717) is 34.9 Å².